The Balaban J connectivity index is 1.42. The molecule has 1 spiro atoms. The molecule has 1 aromatic carbocycles. The highest BCUT2D eigenvalue weighted by molar-refractivity contribution is 7.98. The highest BCUT2D eigenvalue weighted by Crippen LogP contribution is 2.55. The molecule has 4 aliphatic rings. The quantitative estimate of drug-likeness (QED) is 0.433. The average Bonchev–Trinajstić information content (AvgIpc) is 3.50. The molecule has 192 valence electrons. The number of carbonyl (C=O) groups excluding carboxylic acids is 3. The third kappa shape index (κ3) is 3.98. The molecule has 1 aliphatic carbocycles. The van der Waals surface area contributed by atoms with Crippen molar-refractivity contribution in [3.05, 3.63) is 49.1 Å². The highest BCUT2D eigenvalue weighted by atomic mass is 32.2. The van der Waals surface area contributed by atoms with Gasteiger partial charge in [0.25, 0.3) is 0 Å². The lowest BCUT2D eigenvalue weighted by atomic mass is 9.73. The zero-order chi connectivity index (χ0) is 25.6. The van der Waals surface area contributed by atoms with Crippen LogP contribution in [0, 0.1) is 23.7 Å². The van der Waals surface area contributed by atoms with E-state index in [9.17, 15) is 14.4 Å². The number of nitrogens with zero attached hydrogens (tertiary/aromatic N) is 1. The Bertz CT molecular complexity index is 1110. The molecule has 0 unspecified atom stereocenters. The maximum absolute atomic E-state index is 13.8. The van der Waals surface area contributed by atoms with Crippen LogP contribution in [0.4, 0.5) is 5.69 Å². The van der Waals surface area contributed by atoms with Gasteiger partial charge >= 0.3 is 0 Å². The fourth-order valence-electron chi connectivity index (χ4n) is 6.58. The first-order valence-electron chi connectivity index (χ1n) is 12.8. The van der Waals surface area contributed by atoms with Gasteiger partial charge in [0.1, 0.15) is 11.6 Å². The molecule has 2 saturated heterocycles. The molecule has 8 atom stereocenters. The van der Waals surface area contributed by atoms with Gasteiger partial charge in [0.15, 0.2) is 0 Å². The van der Waals surface area contributed by atoms with Crippen LogP contribution in [-0.4, -0.2) is 59.2 Å². The van der Waals surface area contributed by atoms with Gasteiger partial charge < -0.3 is 20.3 Å². The summed E-state index contributed by atoms with van der Waals surface area (Å²) in [6.45, 7) is 8.43. The van der Waals surface area contributed by atoms with Gasteiger partial charge in [-0.2, -0.15) is 0 Å². The zero-order valence-corrected chi connectivity index (χ0v) is 21.9. The topological polar surface area (TPSA) is 87.7 Å². The third-order valence-electron chi connectivity index (χ3n) is 8.62. The lowest BCUT2D eigenvalue weighted by Crippen LogP contribution is -2.57. The summed E-state index contributed by atoms with van der Waals surface area (Å²) in [5.41, 5.74) is -0.475. The molecule has 3 fully saturated rings. The van der Waals surface area contributed by atoms with Gasteiger partial charge in [-0.15, -0.1) is 18.3 Å². The first-order chi connectivity index (χ1) is 17.3. The van der Waals surface area contributed by atoms with Gasteiger partial charge in [0, 0.05) is 23.2 Å². The fourth-order valence-corrected chi connectivity index (χ4v) is 7.04. The van der Waals surface area contributed by atoms with E-state index < -0.39 is 29.6 Å². The number of hydrogen-bond acceptors (Lipinski definition) is 5. The molecule has 2 bridgehead atoms. The van der Waals surface area contributed by atoms with E-state index in [1.165, 1.54) is 0 Å². The Morgan fingerprint density at radius 2 is 2.08 bits per heavy atom. The number of likely N-dealkylation sites (tertiary alicyclic amines) is 1. The number of hydrogen-bond donors (Lipinski definition) is 2. The van der Waals surface area contributed by atoms with Crippen LogP contribution in [0.5, 0.6) is 0 Å². The van der Waals surface area contributed by atoms with Crippen LogP contribution in [0.15, 0.2) is 54.0 Å². The van der Waals surface area contributed by atoms with Crippen molar-refractivity contribution in [1.82, 2.24) is 10.2 Å². The molecule has 3 amide bonds. The minimum absolute atomic E-state index is 0.0581. The van der Waals surface area contributed by atoms with Crippen LogP contribution in [0.25, 0.3) is 0 Å². The minimum Gasteiger partial charge on any atom is -0.359 e. The SMILES string of the molecule is C=CCN1C(=O)[C@@H]2[C@H](C(=O)Nc3cccc(SC)c3)[C@@H]3C=C[C@@]2(O3)[C@@H]1C(=O)N[C@@H]1CCC[C@@H](C)[C@H]1C. The van der Waals surface area contributed by atoms with Crippen LogP contribution < -0.4 is 10.6 Å². The molecular weight excluding hydrogens is 474 g/mol. The maximum Gasteiger partial charge on any atom is 0.246 e. The number of anilines is 1. The van der Waals surface area contributed by atoms with Gasteiger partial charge in [-0.1, -0.05) is 51.0 Å². The molecule has 1 aromatic rings. The van der Waals surface area contributed by atoms with E-state index in [2.05, 4.69) is 31.1 Å². The minimum atomic E-state index is -1.15. The zero-order valence-electron chi connectivity index (χ0n) is 21.1. The molecule has 5 rings (SSSR count). The van der Waals surface area contributed by atoms with E-state index in [0.29, 0.717) is 17.5 Å². The van der Waals surface area contributed by atoms with E-state index >= 15 is 0 Å². The first kappa shape index (κ1) is 25.1. The monoisotopic (exact) mass is 509 g/mol. The summed E-state index contributed by atoms with van der Waals surface area (Å²) >= 11 is 1.59. The molecule has 8 heteroatoms. The number of carbonyl (C=O) groups is 3. The molecule has 1 saturated carbocycles. The van der Waals surface area contributed by atoms with Crippen molar-refractivity contribution < 1.29 is 19.1 Å². The van der Waals surface area contributed by atoms with Crippen molar-refractivity contribution in [2.75, 3.05) is 18.1 Å². The average molecular weight is 510 g/mol. The van der Waals surface area contributed by atoms with Crippen LogP contribution in [0.2, 0.25) is 0 Å². The van der Waals surface area contributed by atoms with Gasteiger partial charge in [-0.05, 0) is 42.7 Å². The molecule has 2 N–H and O–H groups in total. The summed E-state index contributed by atoms with van der Waals surface area (Å²) < 4.78 is 6.38. The van der Waals surface area contributed by atoms with E-state index in [0.717, 1.165) is 24.2 Å². The van der Waals surface area contributed by atoms with E-state index in [1.54, 1.807) is 22.7 Å². The summed E-state index contributed by atoms with van der Waals surface area (Å²) in [5, 5.41) is 6.24. The number of amides is 3. The van der Waals surface area contributed by atoms with Gasteiger partial charge in [0.05, 0.1) is 17.9 Å². The molecule has 3 aliphatic heterocycles. The van der Waals surface area contributed by atoms with E-state index in [4.69, 9.17) is 4.74 Å². The number of rotatable bonds is 7. The summed E-state index contributed by atoms with van der Waals surface area (Å²) in [4.78, 5) is 43.6. The summed E-state index contributed by atoms with van der Waals surface area (Å²) in [7, 11) is 0. The lowest BCUT2D eigenvalue weighted by Gasteiger charge is -2.37. The Morgan fingerprint density at radius 1 is 1.28 bits per heavy atom. The number of nitrogens with one attached hydrogen (secondary N) is 2. The summed E-state index contributed by atoms with van der Waals surface area (Å²) in [5.74, 6) is -1.29. The third-order valence-corrected chi connectivity index (χ3v) is 9.35. The standard InChI is InChI=1S/C28H35N3O4S/c1-5-14-31-24(26(33)30-20-11-6-8-16(2)17(20)3)28-13-12-21(35-28)22(23(28)27(31)34)25(32)29-18-9-7-10-19(15-18)36-4/h5,7,9-10,12-13,15-17,20-24H,1,6,8,11,14H2,2-4H3,(H,29,32)(H,30,33)/t16-,17-,20-,21+,22-,23+,24+,28+/m1/s1. The van der Waals surface area contributed by atoms with Crippen molar-refractivity contribution in [3.63, 3.8) is 0 Å². The Labute approximate surface area is 217 Å². The largest absolute Gasteiger partial charge is 0.359 e. The predicted molar refractivity (Wildman–Crippen MR) is 140 cm³/mol. The number of ether oxygens (including phenoxy) is 1. The van der Waals surface area contributed by atoms with Crippen LogP contribution in [0.1, 0.15) is 33.1 Å². The predicted octanol–water partition coefficient (Wildman–Crippen LogP) is 3.62. The maximum atomic E-state index is 13.8. The fraction of sp³-hybridized carbons (Fsp3) is 0.536. The normalized spacial score (nSPS) is 36.6. The van der Waals surface area contributed by atoms with Gasteiger partial charge in [-0.25, -0.2) is 0 Å². The van der Waals surface area contributed by atoms with Crippen molar-refractivity contribution in [2.24, 2.45) is 23.7 Å². The summed E-state index contributed by atoms with van der Waals surface area (Å²) in [6, 6.07) is 6.83. The molecule has 0 radical (unpaired) electrons. The first-order valence-corrected chi connectivity index (χ1v) is 14.1. The van der Waals surface area contributed by atoms with Crippen molar-refractivity contribution >= 4 is 35.2 Å². The Kier molecular flexibility index (Phi) is 6.76. The lowest BCUT2D eigenvalue weighted by molar-refractivity contribution is -0.141. The molecule has 3 heterocycles. The van der Waals surface area contributed by atoms with Crippen molar-refractivity contribution in [1.29, 1.82) is 0 Å². The molecular formula is C28H35N3O4S. The van der Waals surface area contributed by atoms with Crippen molar-refractivity contribution in [2.45, 2.75) is 61.8 Å². The van der Waals surface area contributed by atoms with Gasteiger partial charge in [0.2, 0.25) is 17.7 Å². The van der Waals surface area contributed by atoms with Crippen LogP contribution in [0.3, 0.4) is 0 Å². The summed E-state index contributed by atoms with van der Waals surface area (Å²) in [6.07, 6.45) is 9.91. The Morgan fingerprint density at radius 3 is 2.83 bits per heavy atom. The number of thioether (sulfide) groups is 1. The second kappa shape index (κ2) is 9.71. The second-order valence-electron chi connectivity index (χ2n) is 10.6. The smallest absolute Gasteiger partial charge is 0.246 e. The highest BCUT2D eigenvalue weighted by Gasteiger charge is 2.72. The number of fused-ring (bicyclic) bond motifs is 1. The van der Waals surface area contributed by atoms with Gasteiger partial charge in [-0.3, -0.25) is 14.4 Å². The van der Waals surface area contributed by atoms with E-state index in [1.807, 2.05) is 42.7 Å². The van der Waals surface area contributed by atoms with Crippen molar-refractivity contribution in [3.8, 4) is 0 Å². The Hall–Kier alpha value is -2.58. The second-order valence-corrected chi connectivity index (χ2v) is 11.5. The molecule has 7 nitrogen and oxygen atoms in total. The number of benzene rings is 1. The molecule has 0 aromatic heterocycles. The van der Waals surface area contributed by atoms with E-state index in [-0.39, 0.29) is 30.3 Å². The molecule has 36 heavy (non-hydrogen) atoms. The van der Waals surface area contributed by atoms with Crippen LogP contribution in [-0.2, 0) is 19.1 Å². The van der Waals surface area contributed by atoms with Crippen LogP contribution >= 0.6 is 11.8 Å².